The van der Waals surface area contributed by atoms with E-state index in [1.807, 2.05) is 0 Å². The molecule has 4 heteroatoms. The summed E-state index contributed by atoms with van der Waals surface area (Å²) in [5.74, 6) is -0.580. The molecule has 0 aromatic heterocycles. The maximum absolute atomic E-state index is 13.3. The monoisotopic (exact) mass is 198 g/mol. The summed E-state index contributed by atoms with van der Waals surface area (Å²) in [4.78, 5) is 10.6. The molecule has 0 aliphatic carbocycles. The van der Waals surface area contributed by atoms with E-state index in [9.17, 15) is 9.18 Å². The van der Waals surface area contributed by atoms with Crippen LogP contribution >= 0.6 is 0 Å². The van der Waals surface area contributed by atoms with Crippen molar-refractivity contribution < 1.29 is 18.7 Å². The minimum absolute atomic E-state index is 0.0279. The van der Waals surface area contributed by atoms with Gasteiger partial charge in [0.15, 0.2) is 17.9 Å². The molecule has 0 aliphatic heterocycles. The van der Waals surface area contributed by atoms with Crippen LogP contribution < -0.4 is 4.74 Å². The number of rotatable bonds is 4. The third-order valence-electron chi connectivity index (χ3n) is 1.77. The number of ether oxygens (including phenoxy) is 2. The van der Waals surface area contributed by atoms with Gasteiger partial charge < -0.3 is 9.47 Å². The van der Waals surface area contributed by atoms with Crippen LogP contribution in [-0.2, 0) is 11.3 Å². The van der Waals surface area contributed by atoms with E-state index in [-0.39, 0.29) is 17.9 Å². The third-order valence-corrected chi connectivity index (χ3v) is 1.77. The number of aldehydes is 1. The van der Waals surface area contributed by atoms with Gasteiger partial charge in [0.1, 0.15) is 0 Å². The van der Waals surface area contributed by atoms with Gasteiger partial charge in [0, 0.05) is 7.11 Å². The highest BCUT2D eigenvalue weighted by molar-refractivity contribution is 5.79. The van der Waals surface area contributed by atoms with Crippen molar-refractivity contribution in [3.05, 3.63) is 29.1 Å². The van der Waals surface area contributed by atoms with Gasteiger partial charge >= 0.3 is 0 Å². The SMILES string of the molecule is COCc1cc(F)c(OC)c(C=O)c1. The summed E-state index contributed by atoms with van der Waals surface area (Å²) in [6.07, 6.45) is 0.557. The van der Waals surface area contributed by atoms with Gasteiger partial charge in [-0.15, -0.1) is 0 Å². The van der Waals surface area contributed by atoms with Crippen LogP contribution in [0, 0.1) is 5.82 Å². The Morgan fingerprint density at radius 1 is 1.43 bits per heavy atom. The first-order valence-corrected chi connectivity index (χ1v) is 4.03. The quantitative estimate of drug-likeness (QED) is 0.692. The van der Waals surface area contributed by atoms with Gasteiger partial charge in [-0.3, -0.25) is 4.79 Å². The molecular formula is C10H11FO3. The summed E-state index contributed by atoms with van der Waals surface area (Å²) < 4.78 is 22.9. The summed E-state index contributed by atoms with van der Waals surface area (Å²) in [6.45, 7) is 0.266. The molecule has 1 aromatic carbocycles. The molecule has 0 N–H and O–H groups in total. The predicted octanol–water partition coefficient (Wildman–Crippen LogP) is 1.79. The zero-order valence-corrected chi connectivity index (χ0v) is 8.04. The molecule has 0 heterocycles. The van der Waals surface area contributed by atoms with Crippen LogP contribution in [0.4, 0.5) is 4.39 Å². The van der Waals surface area contributed by atoms with Crippen molar-refractivity contribution in [3.63, 3.8) is 0 Å². The summed E-state index contributed by atoms with van der Waals surface area (Å²) in [5, 5.41) is 0. The molecule has 0 spiro atoms. The molecule has 0 aliphatic rings. The molecule has 0 atom stereocenters. The number of halogens is 1. The van der Waals surface area contributed by atoms with Crippen LogP contribution in [0.3, 0.4) is 0 Å². The lowest BCUT2D eigenvalue weighted by Crippen LogP contribution is -1.98. The highest BCUT2D eigenvalue weighted by atomic mass is 19.1. The molecule has 0 amide bonds. The molecule has 0 radical (unpaired) electrons. The Morgan fingerprint density at radius 2 is 2.14 bits per heavy atom. The first-order valence-electron chi connectivity index (χ1n) is 4.03. The Balaban J connectivity index is 3.17. The van der Waals surface area contributed by atoms with Gasteiger partial charge in [0.25, 0.3) is 0 Å². The Labute approximate surface area is 81.4 Å². The summed E-state index contributed by atoms with van der Waals surface area (Å²) in [6, 6.07) is 2.83. The second kappa shape index (κ2) is 4.72. The summed E-state index contributed by atoms with van der Waals surface area (Å²) in [5.41, 5.74) is 0.799. The third kappa shape index (κ3) is 2.09. The lowest BCUT2D eigenvalue weighted by Gasteiger charge is -2.07. The van der Waals surface area contributed by atoms with Crippen molar-refractivity contribution >= 4 is 6.29 Å². The van der Waals surface area contributed by atoms with Crippen LogP contribution in [-0.4, -0.2) is 20.5 Å². The molecule has 0 saturated heterocycles. The molecule has 0 unspecified atom stereocenters. The normalized spacial score (nSPS) is 9.93. The van der Waals surface area contributed by atoms with Crippen molar-refractivity contribution in [3.8, 4) is 5.75 Å². The Bertz CT molecular complexity index is 336. The average molecular weight is 198 g/mol. The zero-order valence-electron chi connectivity index (χ0n) is 8.04. The molecule has 0 bridgehead atoms. The first-order chi connectivity index (χ1) is 6.72. The topological polar surface area (TPSA) is 35.5 Å². The summed E-state index contributed by atoms with van der Waals surface area (Å²) >= 11 is 0. The van der Waals surface area contributed by atoms with Gasteiger partial charge in [-0.1, -0.05) is 0 Å². The van der Waals surface area contributed by atoms with Crippen LogP contribution in [0.5, 0.6) is 5.75 Å². The Hall–Kier alpha value is -1.42. The van der Waals surface area contributed by atoms with Crippen LogP contribution in [0.2, 0.25) is 0 Å². The molecular weight excluding hydrogens is 187 g/mol. The van der Waals surface area contributed by atoms with Crippen molar-refractivity contribution in [2.45, 2.75) is 6.61 Å². The van der Waals surface area contributed by atoms with E-state index in [0.717, 1.165) is 0 Å². The molecule has 0 fully saturated rings. The smallest absolute Gasteiger partial charge is 0.166 e. The number of hydrogen-bond donors (Lipinski definition) is 0. The molecule has 1 aromatic rings. The molecule has 14 heavy (non-hydrogen) atoms. The lowest BCUT2D eigenvalue weighted by molar-refractivity contribution is 0.111. The minimum atomic E-state index is -0.552. The fourth-order valence-corrected chi connectivity index (χ4v) is 1.23. The highest BCUT2D eigenvalue weighted by Crippen LogP contribution is 2.23. The number of carbonyl (C=O) groups excluding carboxylic acids is 1. The maximum atomic E-state index is 13.3. The standard InChI is InChI=1S/C10H11FO3/c1-13-6-7-3-8(5-12)10(14-2)9(11)4-7/h3-5H,6H2,1-2H3. The van der Waals surface area contributed by atoms with Crippen LogP contribution in [0.15, 0.2) is 12.1 Å². The Morgan fingerprint density at radius 3 is 2.64 bits per heavy atom. The van der Waals surface area contributed by atoms with Gasteiger partial charge in [-0.25, -0.2) is 4.39 Å². The highest BCUT2D eigenvalue weighted by Gasteiger charge is 2.10. The molecule has 76 valence electrons. The minimum Gasteiger partial charge on any atom is -0.493 e. The van der Waals surface area contributed by atoms with Crippen LogP contribution in [0.25, 0.3) is 0 Å². The molecule has 0 saturated carbocycles. The number of hydrogen-bond acceptors (Lipinski definition) is 3. The predicted molar refractivity (Wildman–Crippen MR) is 49.1 cm³/mol. The number of benzene rings is 1. The van der Waals surface area contributed by atoms with Gasteiger partial charge in [0.05, 0.1) is 19.3 Å². The van der Waals surface area contributed by atoms with E-state index in [2.05, 4.69) is 0 Å². The second-order valence-electron chi connectivity index (χ2n) is 2.75. The van der Waals surface area contributed by atoms with Crippen molar-refractivity contribution in [2.75, 3.05) is 14.2 Å². The number of methoxy groups -OCH3 is 2. The van der Waals surface area contributed by atoms with E-state index in [0.29, 0.717) is 11.8 Å². The summed E-state index contributed by atoms with van der Waals surface area (Å²) in [7, 11) is 2.82. The van der Waals surface area contributed by atoms with Crippen molar-refractivity contribution in [2.24, 2.45) is 0 Å². The van der Waals surface area contributed by atoms with E-state index in [1.54, 1.807) is 6.07 Å². The second-order valence-corrected chi connectivity index (χ2v) is 2.75. The van der Waals surface area contributed by atoms with Crippen molar-refractivity contribution in [1.29, 1.82) is 0 Å². The maximum Gasteiger partial charge on any atom is 0.166 e. The zero-order chi connectivity index (χ0) is 10.6. The van der Waals surface area contributed by atoms with Gasteiger partial charge in [0.2, 0.25) is 0 Å². The van der Waals surface area contributed by atoms with E-state index < -0.39 is 5.82 Å². The molecule has 1 rings (SSSR count). The van der Waals surface area contributed by atoms with E-state index in [1.165, 1.54) is 20.3 Å². The van der Waals surface area contributed by atoms with Gasteiger partial charge in [-0.05, 0) is 17.7 Å². The first kappa shape index (κ1) is 10.7. The fourth-order valence-electron chi connectivity index (χ4n) is 1.23. The van der Waals surface area contributed by atoms with Crippen LogP contribution in [0.1, 0.15) is 15.9 Å². The average Bonchev–Trinajstić information content (AvgIpc) is 2.17. The van der Waals surface area contributed by atoms with Crippen molar-refractivity contribution in [1.82, 2.24) is 0 Å². The lowest BCUT2D eigenvalue weighted by atomic mass is 10.1. The fraction of sp³-hybridized carbons (Fsp3) is 0.300. The number of carbonyl (C=O) groups is 1. The molecule has 3 nitrogen and oxygen atoms in total. The van der Waals surface area contributed by atoms with E-state index >= 15 is 0 Å². The van der Waals surface area contributed by atoms with Gasteiger partial charge in [-0.2, -0.15) is 0 Å². The Kier molecular flexibility index (Phi) is 3.59. The van der Waals surface area contributed by atoms with E-state index in [4.69, 9.17) is 9.47 Å². The largest absolute Gasteiger partial charge is 0.493 e.